The summed E-state index contributed by atoms with van der Waals surface area (Å²) in [5, 5.41) is 18.6. The van der Waals surface area contributed by atoms with Crippen LogP contribution in [0.25, 0.3) is 0 Å². The Hall–Kier alpha value is -3.04. The van der Waals surface area contributed by atoms with Crippen LogP contribution in [0.2, 0.25) is 0 Å². The molecule has 26 heavy (non-hydrogen) atoms. The van der Waals surface area contributed by atoms with Crippen LogP contribution in [-0.4, -0.2) is 42.4 Å². The molecule has 0 aliphatic carbocycles. The topological polar surface area (TPSA) is 123 Å². The van der Waals surface area contributed by atoms with Gasteiger partial charge in [-0.25, -0.2) is 0 Å². The number of nitrogens with zero attached hydrogens (tertiary/aromatic N) is 5. The molecule has 3 heterocycles. The van der Waals surface area contributed by atoms with E-state index in [1.165, 1.54) is 0 Å². The van der Waals surface area contributed by atoms with Gasteiger partial charge in [-0.3, -0.25) is 14.4 Å². The van der Waals surface area contributed by atoms with Gasteiger partial charge in [-0.05, 0) is 11.6 Å². The van der Waals surface area contributed by atoms with Crippen LogP contribution < -0.4 is 5.73 Å². The van der Waals surface area contributed by atoms with Gasteiger partial charge in [0.2, 0.25) is 5.89 Å². The van der Waals surface area contributed by atoms with Gasteiger partial charge in [0.05, 0.1) is 24.5 Å². The lowest BCUT2D eigenvalue weighted by Crippen LogP contribution is -2.33. The van der Waals surface area contributed by atoms with E-state index in [2.05, 4.69) is 20.1 Å². The Kier molecular flexibility index (Phi) is 4.23. The van der Waals surface area contributed by atoms with E-state index in [1.807, 2.05) is 41.1 Å². The fraction of sp³-hybridized carbons (Fsp3) is 0.294. The molecule has 0 fully saturated rings. The second-order valence-electron chi connectivity index (χ2n) is 6.18. The molecule has 2 aromatic heterocycles. The van der Waals surface area contributed by atoms with Crippen molar-refractivity contribution in [2.24, 2.45) is 5.73 Å². The normalized spacial score (nSPS) is 15.6. The van der Waals surface area contributed by atoms with Crippen LogP contribution in [0.1, 0.15) is 39.6 Å². The van der Waals surface area contributed by atoms with Crippen molar-refractivity contribution >= 4 is 5.91 Å². The zero-order valence-corrected chi connectivity index (χ0v) is 13.9. The van der Waals surface area contributed by atoms with Crippen molar-refractivity contribution in [1.82, 2.24) is 24.8 Å². The van der Waals surface area contributed by atoms with Crippen molar-refractivity contribution < 1.29 is 14.4 Å². The highest BCUT2D eigenvalue weighted by atomic mass is 16.5. The van der Waals surface area contributed by atoms with Gasteiger partial charge >= 0.3 is 0 Å². The fourth-order valence-corrected chi connectivity index (χ4v) is 3.03. The van der Waals surface area contributed by atoms with E-state index in [0.29, 0.717) is 31.2 Å². The molecule has 1 atom stereocenters. The molecule has 1 aliphatic heterocycles. The van der Waals surface area contributed by atoms with E-state index in [-0.39, 0.29) is 5.82 Å². The number of aliphatic hydroxyl groups is 1. The molecule has 1 aliphatic rings. The number of fused-ring (bicyclic) bond motifs is 1. The molecule has 0 saturated heterocycles. The van der Waals surface area contributed by atoms with Crippen LogP contribution in [0.15, 0.2) is 40.9 Å². The van der Waals surface area contributed by atoms with Crippen molar-refractivity contribution in [3.8, 4) is 0 Å². The van der Waals surface area contributed by atoms with Gasteiger partial charge in [0, 0.05) is 13.1 Å². The number of aliphatic hydroxyl groups excluding tert-OH is 1. The van der Waals surface area contributed by atoms with Gasteiger partial charge in [0.1, 0.15) is 6.10 Å². The van der Waals surface area contributed by atoms with Crippen molar-refractivity contribution in [2.45, 2.75) is 25.7 Å². The molecule has 1 amide bonds. The Morgan fingerprint density at radius 1 is 1.31 bits per heavy atom. The number of hydrogen-bond acceptors (Lipinski definition) is 7. The first kappa shape index (κ1) is 16.4. The minimum absolute atomic E-state index is 0.115. The van der Waals surface area contributed by atoms with Crippen LogP contribution in [0.4, 0.5) is 0 Å². The summed E-state index contributed by atoms with van der Waals surface area (Å²) in [4.78, 5) is 17.1. The number of carbonyl (C=O) groups is 1. The standard InChI is InChI=1S/C17H18N6O3/c18-16(25)17-19-14(26-21-17)10-22-6-7-23-12(9-22)8-13(20-23)15(24)11-4-2-1-3-5-11/h1-5,8,15,24H,6-7,9-10H2,(H2,18,25)/t15-/m0/s1. The van der Waals surface area contributed by atoms with Crippen LogP contribution in [0.5, 0.6) is 0 Å². The largest absolute Gasteiger partial charge is 0.382 e. The Morgan fingerprint density at radius 3 is 2.85 bits per heavy atom. The summed E-state index contributed by atoms with van der Waals surface area (Å²) in [6.07, 6.45) is -0.753. The summed E-state index contributed by atoms with van der Waals surface area (Å²) in [7, 11) is 0. The monoisotopic (exact) mass is 354 g/mol. The SMILES string of the molecule is NC(=O)c1noc(CN2CCn3nc([C@@H](O)c4ccccc4)cc3C2)n1. The summed E-state index contributed by atoms with van der Waals surface area (Å²) in [6, 6.07) is 11.4. The second kappa shape index (κ2) is 6.70. The number of hydrogen-bond donors (Lipinski definition) is 2. The number of rotatable bonds is 5. The first-order chi connectivity index (χ1) is 12.6. The summed E-state index contributed by atoms with van der Waals surface area (Å²) >= 11 is 0. The van der Waals surface area contributed by atoms with E-state index in [0.717, 1.165) is 17.8 Å². The Morgan fingerprint density at radius 2 is 2.12 bits per heavy atom. The number of benzene rings is 1. The average molecular weight is 354 g/mol. The smallest absolute Gasteiger partial charge is 0.290 e. The van der Waals surface area contributed by atoms with Crippen LogP contribution >= 0.6 is 0 Å². The first-order valence-corrected chi connectivity index (χ1v) is 8.24. The molecular weight excluding hydrogens is 336 g/mol. The molecule has 0 bridgehead atoms. The molecule has 0 radical (unpaired) electrons. The lowest BCUT2D eigenvalue weighted by Gasteiger charge is -2.25. The molecule has 3 N–H and O–H groups in total. The zero-order valence-electron chi connectivity index (χ0n) is 13.9. The predicted octanol–water partition coefficient (Wildman–Crippen LogP) is 0.462. The van der Waals surface area contributed by atoms with Gasteiger partial charge in [-0.2, -0.15) is 10.1 Å². The van der Waals surface area contributed by atoms with Gasteiger partial charge in [-0.1, -0.05) is 35.5 Å². The molecule has 3 aromatic rings. The maximum Gasteiger partial charge on any atom is 0.290 e. The first-order valence-electron chi connectivity index (χ1n) is 8.24. The molecule has 9 heteroatoms. The zero-order chi connectivity index (χ0) is 18.1. The van der Waals surface area contributed by atoms with E-state index < -0.39 is 12.0 Å². The maximum atomic E-state index is 11.0. The molecule has 9 nitrogen and oxygen atoms in total. The number of amides is 1. The van der Waals surface area contributed by atoms with E-state index in [4.69, 9.17) is 10.3 Å². The van der Waals surface area contributed by atoms with Crippen LogP contribution in [0.3, 0.4) is 0 Å². The van der Waals surface area contributed by atoms with Crippen LogP contribution in [0, 0.1) is 0 Å². The lowest BCUT2D eigenvalue weighted by atomic mass is 10.1. The molecule has 0 unspecified atom stereocenters. The number of carbonyl (C=O) groups excluding carboxylic acids is 1. The second-order valence-corrected chi connectivity index (χ2v) is 6.18. The lowest BCUT2D eigenvalue weighted by molar-refractivity contribution is 0.0987. The number of primary amides is 1. The number of aromatic nitrogens is 4. The Bertz CT molecular complexity index is 920. The molecule has 134 valence electrons. The maximum absolute atomic E-state index is 11.0. The predicted molar refractivity (Wildman–Crippen MR) is 89.7 cm³/mol. The fourth-order valence-electron chi connectivity index (χ4n) is 3.03. The molecular formula is C17H18N6O3. The number of nitrogens with two attached hydrogens (primary N) is 1. The summed E-state index contributed by atoms with van der Waals surface area (Å²) in [6.45, 7) is 2.47. The molecule has 0 saturated carbocycles. The van der Waals surface area contributed by atoms with Crippen molar-refractivity contribution in [3.63, 3.8) is 0 Å². The third-order valence-corrected chi connectivity index (χ3v) is 4.34. The van der Waals surface area contributed by atoms with E-state index in [1.54, 1.807) is 0 Å². The summed E-state index contributed by atoms with van der Waals surface area (Å²) < 4.78 is 6.96. The third kappa shape index (κ3) is 3.22. The highest BCUT2D eigenvalue weighted by molar-refractivity contribution is 5.88. The Labute approximate surface area is 149 Å². The van der Waals surface area contributed by atoms with E-state index >= 15 is 0 Å². The van der Waals surface area contributed by atoms with Gasteiger partial charge in [0.15, 0.2) is 0 Å². The minimum Gasteiger partial charge on any atom is -0.382 e. The minimum atomic E-state index is -0.753. The quantitative estimate of drug-likeness (QED) is 0.682. The summed E-state index contributed by atoms with van der Waals surface area (Å²) in [5.41, 5.74) is 7.56. The Balaban J connectivity index is 1.47. The van der Waals surface area contributed by atoms with Crippen molar-refractivity contribution in [1.29, 1.82) is 0 Å². The molecule has 0 spiro atoms. The van der Waals surface area contributed by atoms with Crippen molar-refractivity contribution in [3.05, 3.63) is 65.1 Å². The van der Waals surface area contributed by atoms with Crippen molar-refractivity contribution in [2.75, 3.05) is 6.54 Å². The average Bonchev–Trinajstić information content (AvgIpc) is 3.28. The summed E-state index contributed by atoms with van der Waals surface area (Å²) in [5.74, 6) is -0.483. The highest BCUT2D eigenvalue weighted by Crippen LogP contribution is 2.24. The van der Waals surface area contributed by atoms with Gasteiger partial charge in [-0.15, -0.1) is 0 Å². The molecule has 4 rings (SSSR count). The third-order valence-electron chi connectivity index (χ3n) is 4.34. The van der Waals surface area contributed by atoms with E-state index in [9.17, 15) is 9.90 Å². The van der Waals surface area contributed by atoms with Gasteiger partial charge in [0.25, 0.3) is 11.7 Å². The van der Waals surface area contributed by atoms with Crippen LogP contribution in [-0.2, 0) is 19.6 Å². The van der Waals surface area contributed by atoms with Gasteiger partial charge < -0.3 is 15.4 Å². The molecule has 1 aromatic carbocycles. The highest BCUT2D eigenvalue weighted by Gasteiger charge is 2.23.